The van der Waals surface area contributed by atoms with Crippen molar-refractivity contribution >= 4 is 17.6 Å². The molecule has 1 rings (SSSR count). The summed E-state index contributed by atoms with van der Waals surface area (Å²) in [6.07, 6.45) is -5.37. The lowest BCUT2D eigenvalue weighted by Crippen LogP contribution is -2.46. The van der Waals surface area contributed by atoms with E-state index >= 15 is 0 Å². The second kappa shape index (κ2) is 9.36. The molecule has 2 unspecified atom stereocenters. The van der Waals surface area contributed by atoms with E-state index in [4.69, 9.17) is 4.74 Å². The van der Waals surface area contributed by atoms with Gasteiger partial charge in [-0.1, -0.05) is 6.92 Å². The van der Waals surface area contributed by atoms with E-state index in [-0.39, 0.29) is 30.8 Å². The molecular weight excluding hydrogens is 366 g/mol. The monoisotopic (exact) mass is 388 g/mol. The van der Waals surface area contributed by atoms with Crippen molar-refractivity contribution in [2.75, 3.05) is 13.1 Å². The van der Waals surface area contributed by atoms with Crippen LogP contribution in [0.4, 0.5) is 19.3 Å². The Hall–Kier alpha value is -2.62. The number of nitro benzene ring substituents is 1. The Labute approximate surface area is 154 Å². The lowest BCUT2D eigenvalue weighted by atomic mass is 9.96. The zero-order valence-electron chi connectivity index (χ0n) is 15.2. The number of hydrogen-bond acceptors (Lipinski definition) is 6. The minimum atomic E-state index is -4.25. The first-order chi connectivity index (χ1) is 12.6. The number of Topliss-reactive ketones (excluding diaryl/α,β-unsaturated/α-hetero) is 1. The van der Waals surface area contributed by atoms with Gasteiger partial charge in [-0.15, -0.1) is 0 Å². The molecule has 1 aromatic carbocycles. The molecule has 0 aliphatic heterocycles. The summed E-state index contributed by atoms with van der Waals surface area (Å²) in [6, 6.07) is 3.76. The zero-order chi connectivity index (χ0) is 20.8. The van der Waals surface area contributed by atoms with Crippen LogP contribution >= 0.6 is 0 Å². The molecule has 0 saturated carbocycles. The van der Waals surface area contributed by atoms with Crippen LogP contribution in [0.15, 0.2) is 24.3 Å². The van der Waals surface area contributed by atoms with Gasteiger partial charge in [0.15, 0.2) is 12.2 Å². The van der Waals surface area contributed by atoms with Crippen molar-refractivity contribution in [3.8, 4) is 0 Å². The Bertz CT molecular complexity index is 677. The number of benzene rings is 1. The predicted molar refractivity (Wildman–Crippen MR) is 91.5 cm³/mol. The number of nitro groups is 1. The number of carbonyl (C=O) groups is 2. The van der Waals surface area contributed by atoms with Crippen molar-refractivity contribution in [1.82, 2.24) is 4.90 Å². The topological polar surface area (TPSA) is 110 Å². The van der Waals surface area contributed by atoms with Gasteiger partial charge in [0.25, 0.3) is 5.69 Å². The van der Waals surface area contributed by atoms with Gasteiger partial charge in [0.2, 0.25) is 5.78 Å². The molecule has 0 saturated heterocycles. The number of ether oxygens (including phenoxy) is 1. The summed E-state index contributed by atoms with van der Waals surface area (Å²) >= 11 is 0. The fourth-order valence-electron chi connectivity index (χ4n) is 2.34. The van der Waals surface area contributed by atoms with Gasteiger partial charge in [-0.05, 0) is 38.0 Å². The van der Waals surface area contributed by atoms with E-state index in [2.05, 4.69) is 0 Å². The summed E-state index contributed by atoms with van der Waals surface area (Å²) in [4.78, 5) is 35.2. The van der Waals surface area contributed by atoms with Crippen LogP contribution in [0.5, 0.6) is 0 Å². The predicted octanol–water partition coefficient (Wildman–Crippen LogP) is 3.09. The summed E-state index contributed by atoms with van der Waals surface area (Å²) in [6.45, 7) is 5.29. The highest BCUT2D eigenvalue weighted by Crippen LogP contribution is 2.34. The first-order valence-corrected chi connectivity index (χ1v) is 8.40. The number of hydrogen-bond donors (Lipinski definition) is 1. The quantitative estimate of drug-likeness (QED) is 0.514. The lowest BCUT2D eigenvalue weighted by Gasteiger charge is -2.27. The Morgan fingerprint density at radius 3 is 2.15 bits per heavy atom. The van der Waals surface area contributed by atoms with Gasteiger partial charge in [0.05, 0.1) is 4.92 Å². The third-order valence-corrected chi connectivity index (χ3v) is 4.02. The summed E-state index contributed by atoms with van der Waals surface area (Å²) < 4.78 is 33.8. The minimum Gasteiger partial charge on any atom is -0.438 e. The number of alkyl halides is 2. The van der Waals surface area contributed by atoms with Crippen LogP contribution in [0, 0.1) is 10.1 Å². The van der Waals surface area contributed by atoms with E-state index in [1.807, 2.05) is 0 Å². The van der Waals surface area contributed by atoms with Crippen molar-refractivity contribution < 1.29 is 33.1 Å². The number of nitrogens with zero attached hydrogens (tertiary/aromatic N) is 2. The highest BCUT2D eigenvalue weighted by molar-refractivity contribution is 5.92. The SMILES string of the molecule is CCC(OC(=O)N(CC)CC)C(=O)C(F)(F)C(O)c1ccc([N+](=O)[O-])cc1. The number of halogens is 2. The van der Waals surface area contributed by atoms with Crippen LogP contribution in [0.2, 0.25) is 0 Å². The van der Waals surface area contributed by atoms with Gasteiger partial charge in [0.1, 0.15) is 0 Å². The number of aliphatic hydroxyl groups is 1. The maximum absolute atomic E-state index is 14.5. The van der Waals surface area contributed by atoms with Gasteiger partial charge in [-0.25, -0.2) is 4.79 Å². The molecule has 1 amide bonds. The third kappa shape index (κ3) is 5.19. The summed E-state index contributed by atoms with van der Waals surface area (Å²) in [5.74, 6) is -5.99. The van der Waals surface area contributed by atoms with E-state index in [1.54, 1.807) is 13.8 Å². The first-order valence-electron chi connectivity index (χ1n) is 8.40. The number of ketones is 1. The van der Waals surface area contributed by atoms with Crippen molar-refractivity contribution in [2.24, 2.45) is 0 Å². The lowest BCUT2D eigenvalue weighted by molar-refractivity contribution is -0.384. The molecule has 0 fully saturated rings. The number of carbonyl (C=O) groups excluding carboxylic acids is 2. The standard InChI is InChI=1S/C17H22F2N2O6/c1-4-13(27-16(24)20(5-2)6-3)15(23)17(18,19)14(22)11-7-9-12(10-8-11)21(25)26/h7-10,13-14,22H,4-6H2,1-3H3. The second-order valence-corrected chi connectivity index (χ2v) is 5.69. The molecule has 1 N–H and O–H groups in total. The average Bonchev–Trinajstić information content (AvgIpc) is 2.65. The van der Waals surface area contributed by atoms with Gasteiger partial charge in [-0.3, -0.25) is 14.9 Å². The molecule has 10 heteroatoms. The van der Waals surface area contributed by atoms with Crippen LogP contribution in [-0.4, -0.2) is 51.9 Å². The van der Waals surface area contributed by atoms with E-state index < -0.39 is 34.9 Å². The highest BCUT2D eigenvalue weighted by atomic mass is 19.3. The Morgan fingerprint density at radius 2 is 1.74 bits per heavy atom. The molecule has 1 aromatic rings. The fourth-order valence-corrected chi connectivity index (χ4v) is 2.34. The summed E-state index contributed by atoms with van der Waals surface area (Å²) in [5.41, 5.74) is -0.718. The molecule has 2 atom stereocenters. The van der Waals surface area contributed by atoms with E-state index in [0.29, 0.717) is 0 Å². The number of non-ortho nitro benzene ring substituents is 1. The maximum Gasteiger partial charge on any atom is 0.410 e. The molecule has 0 aliphatic carbocycles. The van der Waals surface area contributed by atoms with Gasteiger partial charge < -0.3 is 14.7 Å². The van der Waals surface area contributed by atoms with Gasteiger partial charge in [0, 0.05) is 25.2 Å². The van der Waals surface area contributed by atoms with E-state index in [9.17, 15) is 33.6 Å². The summed E-state index contributed by atoms with van der Waals surface area (Å²) in [5, 5.41) is 20.5. The number of aliphatic hydroxyl groups excluding tert-OH is 1. The minimum absolute atomic E-state index is 0.200. The molecule has 27 heavy (non-hydrogen) atoms. The Kier molecular flexibility index (Phi) is 7.77. The molecule has 150 valence electrons. The van der Waals surface area contributed by atoms with Crippen molar-refractivity contribution in [3.63, 3.8) is 0 Å². The van der Waals surface area contributed by atoms with E-state index in [1.165, 1.54) is 11.8 Å². The summed E-state index contributed by atoms with van der Waals surface area (Å²) in [7, 11) is 0. The average molecular weight is 388 g/mol. The van der Waals surface area contributed by atoms with Crippen LogP contribution in [0.3, 0.4) is 0 Å². The molecule has 0 aliphatic rings. The maximum atomic E-state index is 14.5. The number of amides is 1. The molecule has 0 aromatic heterocycles. The van der Waals surface area contributed by atoms with Crippen LogP contribution in [0.1, 0.15) is 38.9 Å². The Balaban J connectivity index is 2.99. The highest BCUT2D eigenvalue weighted by Gasteiger charge is 2.51. The molecule has 8 nitrogen and oxygen atoms in total. The fraction of sp³-hybridized carbons (Fsp3) is 0.529. The normalized spacial score (nSPS) is 13.6. The van der Waals surface area contributed by atoms with E-state index in [0.717, 1.165) is 24.3 Å². The van der Waals surface area contributed by atoms with Crippen molar-refractivity contribution in [3.05, 3.63) is 39.9 Å². The molecule has 0 spiro atoms. The van der Waals surface area contributed by atoms with Gasteiger partial charge >= 0.3 is 12.0 Å². The van der Waals surface area contributed by atoms with Crippen LogP contribution < -0.4 is 0 Å². The second-order valence-electron chi connectivity index (χ2n) is 5.69. The first kappa shape index (κ1) is 22.4. The zero-order valence-corrected chi connectivity index (χ0v) is 15.2. The smallest absolute Gasteiger partial charge is 0.410 e. The van der Waals surface area contributed by atoms with Crippen LogP contribution in [-0.2, 0) is 9.53 Å². The van der Waals surface area contributed by atoms with Gasteiger partial charge in [-0.2, -0.15) is 8.78 Å². The van der Waals surface area contributed by atoms with Crippen molar-refractivity contribution in [2.45, 2.75) is 45.3 Å². The molecular formula is C17H22F2N2O6. The molecule has 0 radical (unpaired) electrons. The number of rotatable bonds is 9. The third-order valence-electron chi connectivity index (χ3n) is 4.02. The van der Waals surface area contributed by atoms with Crippen LogP contribution in [0.25, 0.3) is 0 Å². The Morgan fingerprint density at radius 1 is 1.22 bits per heavy atom. The molecule has 0 bridgehead atoms. The van der Waals surface area contributed by atoms with Crippen molar-refractivity contribution in [1.29, 1.82) is 0 Å². The molecule has 0 heterocycles. The largest absolute Gasteiger partial charge is 0.438 e.